The average molecular weight is 333 g/mol. The summed E-state index contributed by atoms with van der Waals surface area (Å²) < 4.78 is 1.55. The van der Waals surface area contributed by atoms with E-state index in [1.54, 1.807) is 41.2 Å². The van der Waals surface area contributed by atoms with Crippen LogP contribution in [-0.2, 0) is 6.54 Å². The molecule has 126 valence electrons. The molecule has 0 atom stereocenters. The fourth-order valence-corrected chi connectivity index (χ4v) is 2.61. The number of nitrogens with one attached hydrogen (secondary N) is 1. The summed E-state index contributed by atoms with van der Waals surface area (Å²) in [5.74, 6) is -0.0455. The Morgan fingerprint density at radius 1 is 1.12 bits per heavy atom. The summed E-state index contributed by atoms with van der Waals surface area (Å²) in [6.45, 7) is 4.46. The van der Waals surface area contributed by atoms with E-state index in [2.05, 4.69) is 16.4 Å². The van der Waals surface area contributed by atoms with Crippen LogP contribution in [0.4, 0.5) is 5.82 Å². The molecule has 1 aromatic carbocycles. The van der Waals surface area contributed by atoms with Crippen LogP contribution in [0.1, 0.15) is 27.0 Å². The summed E-state index contributed by atoms with van der Waals surface area (Å²) in [5, 5.41) is 2.65. The number of nitrogens with zero attached hydrogens (tertiary/aromatic N) is 2. The van der Waals surface area contributed by atoms with Crippen LogP contribution >= 0.6 is 0 Å². The average Bonchev–Trinajstić information content (AvgIpc) is 2.60. The van der Waals surface area contributed by atoms with Crippen LogP contribution in [0.3, 0.4) is 0 Å². The smallest absolute Gasteiger partial charge is 0.263 e. The van der Waals surface area contributed by atoms with E-state index in [1.165, 1.54) is 6.07 Å². The highest BCUT2D eigenvalue weighted by Gasteiger charge is 2.13. The molecule has 0 radical (unpaired) electrons. The van der Waals surface area contributed by atoms with E-state index in [4.69, 9.17) is 0 Å². The third kappa shape index (κ3) is 3.83. The van der Waals surface area contributed by atoms with Gasteiger partial charge in [0.1, 0.15) is 11.4 Å². The first-order valence-electron chi connectivity index (χ1n) is 8.02. The normalized spacial score (nSPS) is 10.5. The molecular formula is C20H19N3O2. The number of benzene rings is 1. The van der Waals surface area contributed by atoms with Crippen LogP contribution in [0.2, 0.25) is 0 Å². The molecule has 2 heterocycles. The van der Waals surface area contributed by atoms with Gasteiger partial charge >= 0.3 is 0 Å². The molecule has 3 rings (SSSR count). The van der Waals surface area contributed by atoms with Gasteiger partial charge in [-0.15, -0.1) is 0 Å². The molecule has 0 unspecified atom stereocenters. The maximum atomic E-state index is 12.7. The van der Waals surface area contributed by atoms with Gasteiger partial charge in [-0.25, -0.2) is 4.98 Å². The molecule has 0 bridgehead atoms. The predicted molar refractivity (Wildman–Crippen MR) is 97.9 cm³/mol. The zero-order valence-corrected chi connectivity index (χ0v) is 14.2. The van der Waals surface area contributed by atoms with Crippen molar-refractivity contribution in [2.75, 3.05) is 5.32 Å². The van der Waals surface area contributed by atoms with Crippen molar-refractivity contribution in [2.24, 2.45) is 0 Å². The molecule has 2 aromatic heterocycles. The molecule has 0 aliphatic rings. The molecule has 5 nitrogen and oxygen atoms in total. The minimum absolute atomic E-state index is 0.0958. The van der Waals surface area contributed by atoms with Gasteiger partial charge in [-0.1, -0.05) is 29.8 Å². The number of carbonyl (C=O) groups is 1. The standard InChI is InChI=1S/C20H19N3O2/c1-14-8-9-15(2)16(12-14)13-23-11-5-6-17(20(23)25)19(24)22-18-7-3-4-10-21-18/h3-12H,13H2,1-2H3,(H,21,22,24). The van der Waals surface area contributed by atoms with Crippen molar-refractivity contribution >= 4 is 11.7 Å². The Labute approximate surface area is 146 Å². The van der Waals surface area contributed by atoms with Crippen molar-refractivity contribution in [3.63, 3.8) is 0 Å². The van der Waals surface area contributed by atoms with Crippen molar-refractivity contribution in [1.29, 1.82) is 0 Å². The Morgan fingerprint density at radius 2 is 1.96 bits per heavy atom. The molecule has 0 aliphatic carbocycles. The number of hydrogen-bond acceptors (Lipinski definition) is 3. The second-order valence-electron chi connectivity index (χ2n) is 5.95. The van der Waals surface area contributed by atoms with Crippen LogP contribution in [-0.4, -0.2) is 15.5 Å². The summed E-state index contributed by atoms with van der Waals surface area (Å²) in [6.07, 6.45) is 3.28. The van der Waals surface area contributed by atoms with Gasteiger partial charge in [-0.2, -0.15) is 0 Å². The summed E-state index contributed by atoms with van der Waals surface area (Å²) >= 11 is 0. The highest BCUT2D eigenvalue weighted by atomic mass is 16.2. The second-order valence-corrected chi connectivity index (χ2v) is 5.95. The molecule has 1 N–H and O–H groups in total. The van der Waals surface area contributed by atoms with Gasteiger partial charge in [0, 0.05) is 12.4 Å². The number of aromatic nitrogens is 2. The number of amides is 1. The fraction of sp³-hybridized carbons (Fsp3) is 0.150. The van der Waals surface area contributed by atoms with Gasteiger partial charge in [-0.3, -0.25) is 9.59 Å². The molecule has 5 heteroatoms. The molecule has 0 fully saturated rings. The molecule has 25 heavy (non-hydrogen) atoms. The number of rotatable bonds is 4. The van der Waals surface area contributed by atoms with Crippen LogP contribution in [0.5, 0.6) is 0 Å². The number of hydrogen-bond donors (Lipinski definition) is 1. The van der Waals surface area contributed by atoms with E-state index in [0.29, 0.717) is 12.4 Å². The number of anilines is 1. The predicted octanol–water partition coefficient (Wildman–Crippen LogP) is 3.16. The van der Waals surface area contributed by atoms with Gasteiger partial charge in [0.2, 0.25) is 0 Å². The van der Waals surface area contributed by atoms with Gasteiger partial charge in [0.05, 0.1) is 6.54 Å². The maximum Gasteiger partial charge on any atom is 0.263 e. The first-order valence-corrected chi connectivity index (χ1v) is 8.02. The Kier molecular flexibility index (Phi) is 4.75. The zero-order valence-electron chi connectivity index (χ0n) is 14.2. The lowest BCUT2D eigenvalue weighted by Crippen LogP contribution is -2.29. The van der Waals surface area contributed by atoms with E-state index in [0.717, 1.165) is 16.7 Å². The quantitative estimate of drug-likeness (QED) is 0.798. The first-order chi connectivity index (χ1) is 12.0. The summed E-state index contributed by atoms with van der Waals surface area (Å²) in [5.41, 5.74) is 3.08. The number of carbonyl (C=O) groups excluding carboxylic acids is 1. The Balaban J connectivity index is 1.88. The molecular weight excluding hydrogens is 314 g/mol. The number of aryl methyl sites for hydroxylation is 2. The molecule has 0 saturated heterocycles. The van der Waals surface area contributed by atoms with Crippen molar-refractivity contribution < 1.29 is 4.79 Å². The van der Waals surface area contributed by atoms with E-state index < -0.39 is 5.91 Å². The first kappa shape index (κ1) is 16.6. The van der Waals surface area contributed by atoms with Gasteiger partial charge in [0.25, 0.3) is 11.5 Å². The van der Waals surface area contributed by atoms with Crippen molar-refractivity contribution in [1.82, 2.24) is 9.55 Å². The third-order valence-electron chi connectivity index (χ3n) is 4.02. The van der Waals surface area contributed by atoms with Crippen LogP contribution < -0.4 is 10.9 Å². The number of pyridine rings is 2. The molecule has 3 aromatic rings. The van der Waals surface area contributed by atoms with Gasteiger partial charge < -0.3 is 9.88 Å². The lowest BCUT2D eigenvalue weighted by atomic mass is 10.1. The highest BCUT2D eigenvalue weighted by Crippen LogP contribution is 2.12. The van der Waals surface area contributed by atoms with Crippen molar-refractivity contribution in [3.8, 4) is 0 Å². The minimum Gasteiger partial charge on any atom is -0.310 e. The maximum absolute atomic E-state index is 12.7. The monoisotopic (exact) mass is 333 g/mol. The fourth-order valence-electron chi connectivity index (χ4n) is 2.61. The van der Waals surface area contributed by atoms with Crippen LogP contribution in [0.25, 0.3) is 0 Å². The van der Waals surface area contributed by atoms with E-state index in [9.17, 15) is 9.59 Å². The molecule has 0 spiro atoms. The second kappa shape index (κ2) is 7.13. The Hall–Kier alpha value is -3.21. The van der Waals surface area contributed by atoms with Gasteiger partial charge in [0.15, 0.2) is 0 Å². The van der Waals surface area contributed by atoms with Crippen LogP contribution in [0, 0.1) is 13.8 Å². The van der Waals surface area contributed by atoms with Crippen molar-refractivity contribution in [3.05, 3.63) is 93.5 Å². The lowest BCUT2D eigenvalue weighted by molar-refractivity contribution is 0.102. The zero-order chi connectivity index (χ0) is 17.8. The largest absolute Gasteiger partial charge is 0.310 e. The Bertz CT molecular complexity index is 962. The van der Waals surface area contributed by atoms with E-state index >= 15 is 0 Å². The van der Waals surface area contributed by atoms with Gasteiger partial charge in [-0.05, 0) is 49.2 Å². The third-order valence-corrected chi connectivity index (χ3v) is 4.02. The SMILES string of the molecule is Cc1ccc(C)c(Cn2cccc(C(=O)Nc3ccccn3)c2=O)c1. The minimum atomic E-state index is -0.459. The molecule has 0 aliphatic heterocycles. The lowest BCUT2D eigenvalue weighted by Gasteiger charge is -2.11. The topological polar surface area (TPSA) is 64.0 Å². The Morgan fingerprint density at radius 3 is 2.72 bits per heavy atom. The van der Waals surface area contributed by atoms with Crippen LogP contribution in [0.15, 0.2) is 65.7 Å². The molecule has 1 amide bonds. The van der Waals surface area contributed by atoms with Crippen molar-refractivity contribution in [2.45, 2.75) is 20.4 Å². The molecule has 0 saturated carbocycles. The summed E-state index contributed by atoms with van der Waals surface area (Å²) in [6, 6.07) is 14.6. The van der Waals surface area contributed by atoms with E-state index in [-0.39, 0.29) is 11.1 Å². The summed E-state index contributed by atoms with van der Waals surface area (Å²) in [7, 11) is 0. The van der Waals surface area contributed by atoms with E-state index in [1.807, 2.05) is 26.0 Å². The summed E-state index contributed by atoms with van der Waals surface area (Å²) in [4.78, 5) is 29.1. The highest BCUT2D eigenvalue weighted by molar-refractivity contribution is 6.03.